The van der Waals surface area contributed by atoms with E-state index in [0.29, 0.717) is 0 Å². The maximum Gasteiger partial charge on any atom is 0.335 e. The van der Waals surface area contributed by atoms with E-state index in [4.69, 9.17) is 9.90 Å². The molecule has 0 unspecified atom stereocenters. The molecule has 2 nitrogen and oxygen atoms in total. The Labute approximate surface area is 77.0 Å². The molecule has 1 N–H and O–H groups in total. The highest BCUT2D eigenvalue weighted by atomic mass is 19.1. The third-order valence-electron chi connectivity index (χ3n) is 1.37. The normalized spacial score (nSPS) is 8.46. The molecule has 0 bridgehead atoms. The highest BCUT2D eigenvalue weighted by molar-refractivity contribution is 5.67. The fourth-order valence-corrected chi connectivity index (χ4v) is 0.714. The summed E-state index contributed by atoms with van der Waals surface area (Å²) < 4.78 is 10.5. The van der Waals surface area contributed by atoms with Gasteiger partial charge in [0.05, 0.1) is 0 Å². The smallest absolute Gasteiger partial charge is 0.335 e. The van der Waals surface area contributed by atoms with Crippen molar-refractivity contribution in [1.29, 1.82) is 0 Å². The molecular formula is C10H13FO2. The van der Waals surface area contributed by atoms with Gasteiger partial charge in [0.15, 0.2) is 6.67 Å². The van der Waals surface area contributed by atoms with Crippen molar-refractivity contribution in [3.63, 3.8) is 0 Å². The van der Waals surface area contributed by atoms with E-state index in [1.54, 1.807) is 0 Å². The number of hydrogen-bond donors (Lipinski definition) is 1. The minimum atomic E-state index is -1.41. The van der Waals surface area contributed by atoms with Crippen LogP contribution >= 0.6 is 0 Å². The van der Waals surface area contributed by atoms with E-state index in [2.05, 4.69) is 31.2 Å². The molecule has 0 amide bonds. The molecule has 0 fully saturated rings. The number of aliphatic carboxylic acids is 1. The Hall–Kier alpha value is -1.38. The summed E-state index contributed by atoms with van der Waals surface area (Å²) in [5, 5.41) is 7.35. The molecule has 3 heteroatoms. The van der Waals surface area contributed by atoms with Crippen molar-refractivity contribution in [2.75, 3.05) is 6.67 Å². The summed E-state index contributed by atoms with van der Waals surface area (Å²) in [6.07, 6.45) is 1.14. The molecular weight excluding hydrogens is 171 g/mol. The lowest BCUT2D eigenvalue weighted by molar-refractivity contribution is -0.137. The number of hydrogen-bond acceptors (Lipinski definition) is 1. The zero-order chi connectivity index (χ0) is 10.1. The van der Waals surface area contributed by atoms with Gasteiger partial charge in [-0.3, -0.25) is 0 Å². The standard InChI is InChI=1S/C8H10.C2H3FO2/c1-2-8-6-4-3-5-7-8;3-1-2(4)5/h3-7H,2H2,1H3;1H2,(H,4,5). The number of carbonyl (C=O) groups is 1. The second-order valence-electron chi connectivity index (χ2n) is 2.37. The SMILES string of the molecule is CCc1ccccc1.O=C(O)CF. The second kappa shape index (κ2) is 7.28. The van der Waals surface area contributed by atoms with Gasteiger partial charge in [-0.25, -0.2) is 9.18 Å². The summed E-state index contributed by atoms with van der Waals surface area (Å²) in [4.78, 5) is 8.99. The van der Waals surface area contributed by atoms with Gasteiger partial charge >= 0.3 is 5.97 Å². The number of halogens is 1. The molecule has 0 aliphatic rings. The lowest BCUT2D eigenvalue weighted by Crippen LogP contribution is -1.93. The maximum atomic E-state index is 10.5. The van der Waals surface area contributed by atoms with Crippen LogP contribution in [0.15, 0.2) is 30.3 Å². The average molecular weight is 184 g/mol. The van der Waals surface area contributed by atoms with Crippen LogP contribution in [-0.4, -0.2) is 17.8 Å². The van der Waals surface area contributed by atoms with Crippen molar-refractivity contribution in [3.05, 3.63) is 35.9 Å². The minimum absolute atomic E-state index is 1.14. The van der Waals surface area contributed by atoms with Crippen molar-refractivity contribution in [2.45, 2.75) is 13.3 Å². The van der Waals surface area contributed by atoms with E-state index in [-0.39, 0.29) is 0 Å². The molecule has 1 rings (SSSR count). The molecule has 0 spiro atoms. The van der Waals surface area contributed by atoms with Crippen LogP contribution in [0.25, 0.3) is 0 Å². The Bertz CT molecular complexity index is 234. The van der Waals surface area contributed by atoms with Gasteiger partial charge in [0.2, 0.25) is 0 Å². The van der Waals surface area contributed by atoms with Gasteiger partial charge in [0.1, 0.15) is 0 Å². The van der Waals surface area contributed by atoms with Crippen LogP contribution in [0.3, 0.4) is 0 Å². The van der Waals surface area contributed by atoms with E-state index in [0.717, 1.165) is 6.42 Å². The maximum absolute atomic E-state index is 10.5. The van der Waals surface area contributed by atoms with Crippen LogP contribution in [0.4, 0.5) is 4.39 Å². The fraction of sp³-hybridized carbons (Fsp3) is 0.300. The first-order valence-electron chi connectivity index (χ1n) is 4.02. The molecule has 1 aromatic carbocycles. The molecule has 0 saturated carbocycles. The van der Waals surface area contributed by atoms with Gasteiger partial charge in [-0.1, -0.05) is 37.3 Å². The van der Waals surface area contributed by atoms with Crippen molar-refractivity contribution in [3.8, 4) is 0 Å². The monoisotopic (exact) mass is 184 g/mol. The van der Waals surface area contributed by atoms with Crippen LogP contribution in [0.2, 0.25) is 0 Å². The first-order valence-corrected chi connectivity index (χ1v) is 4.02. The van der Waals surface area contributed by atoms with Gasteiger partial charge in [-0.15, -0.1) is 0 Å². The summed E-state index contributed by atoms with van der Waals surface area (Å²) in [5.74, 6) is -1.41. The first kappa shape index (κ1) is 11.6. The molecule has 0 aliphatic heterocycles. The van der Waals surface area contributed by atoms with E-state index < -0.39 is 12.6 Å². The number of rotatable bonds is 2. The Morgan fingerprint density at radius 3 is 2.08 bits per heavy atom. The lowest BCUT2D eigenvalue weighted by atomic mass is 10.2. The summed E-state index contributed by atoms with van der Waals surface area (Å²) in [6.45, 7) is 0.884. The predicted octanol–water partition coefficient (Wildman–Crippen LogP) is 2.29. The van der Waals surface area contributed by atoms with Gasteiger partial charge < -0.3 is 5.11 Å². The van der Waals surface area contributed by atoms with Gasteiger partial charge in [-0.2, -0.15) is 0 Å². The first-order chi connectivity index (χ1) is 6.20. The van der Waals surface area contributed by atoms with E-state index in [1.165, 1.54) is 5.56 Å². The topological polar surface area (TPSA) is 37.3 Å². The Kier molecular flexibility index (Phi) is 6.51. The molecule has 13 heavy (non-hydrogen) atoms. The van der Waals surface area contributed by atoms with Crippen LogP contribution in [-0.2, 0) is 11.2 Å². The van der Waals surface area contributed by atoms with Gasteiger partial charge in [0.25, 0.3) is 0 Å². The van der Waals surface area contributed by atoms with Crippen LogP contribution in [0.1, 0.15) is 12.5 Å². The number of carboxylic acids is 1. The van der Waals surface area contributed by atoms with E-state index in [1.807, 2.05) is 6.07 Å². The molecule has 0 saturated heterocycles. The van der Waals surface area contributed by atoms with Crippen LogP contribution in [0.5, 0.6) is 0 Å². The van der Waals surface area contributed by atoms with Gasteiger partial charge in [0, 0.05) is 0 Å². The molecule has 0 aliphatic carbocycles. The second-order valence-corrected chi connectivity index (χ2v) is 2.37. The summed E-state index contributed by atoms with van der Waals surface area (Å²) >= 11 is 0. The summed E-state index contributed by atoms with van der Waals surface area (Å²) in [7, 11) is 0. The molecule has 0 heterocycles. The zero-order valence-corrected chi connectivity index (χ0v) is 7.53. The van der Waals surface area contributed by atoms with Gasteiger partial charge in [-0.05, 0) is 12.0 Å². The molecule has 72 valence electrons. The minimum Gasteiger partial charge on any atom is -0.479 e. The predicted molar refractivity (Wildman–Crippen MR) is 49.4 cm³/mol. The number of alkyl halides is 1. The van der Waals surface area contributed by atoms with Crippen molar-refractivity contribution in [1.82, 2.24) is 0 Å². The summed E-state index contributed by atoms with van der Waals surface area (Å²) in [5.41, 5.74) is 1.41. The van der Waals surface area contributed by atoms with Crippen molar-refractivity contribution < 1.29 is 14.3 Å². The highest BCUT2D eigenvalue weighted by Crippen LogP contribution is 1.96. The molecule has 1 aromatic rings. The molecule has 0 radical (unpaired) electrons. The van der Waals surface area contributed by atoms with E-state index >= 15 is 0 Å². The Morgan fingerprint density at radius 1 is 1.38 bits per heavy atom. The van der Waals surface area contributed by atoms with Crippen molar-refractivity contribution in [2.24, 2.45) is 0 Å². The third-order valence-corrected chi connectivity index (χ3v) is 1.37. The highest BCUT2D eigenvalue weighted by Gasteiger charge is 1.85. The molecule has 0 atom stereocenters. The van der Waals surface area contributed by atoms with E-state index in [9.17, 15) is 4.39 Å². The number of carboxylic acid groups (broad SMARTS) is 1. The zero-order valence-electron chi connectivity index (χ0n) is 7.53. The largest absolute Gasteiger partial charge is 0.479 e. The van der Waals surface area contributed by atoms with Crippen LogP contribution < -0.4 is 0 Å². The quantitative estimate of drug-likeness (QED) is 0.765. The fourth-order valence-electron chi connectivity index (χ4n) is 0.714. The number of benzene rings is 1. The van der Waals surface area contributed by atoms with Crippen LogP contribution in [0, 0.1) is 0 Å². The molecule has 0 aromatic heterocycles. The number of aryl methyl sites for hydroxylation is 1. The van der Waals surface area contributed by atoms with Crippen molar-refractivity contribution >= 4 is 5.97 Å². The summed E-state index contributed by atoms with van der Waals surface area (Å²) in [6, 6.07) is 10.5. The lowest BCUT2D eigenvalue weighted by Gasteiger charge is -1.89. The third kappa shape index (κ3) is 7.00. The Morgan fingerprint density at radius 2 is 1.85 bits per heavy atom. The Balaban J connectivity index is 0.000000252. The average Bonchev–Trinajstić information content (AvgIpc) is 2.20.